The minimum atomic E-state index is -3.70. The molecule has 0 bridgehead atoms. The summed E-state index contributed by atoms with van der Waals surface area (Å²) in [5.74, 6) is -1.42. The first-order chi connectivity index (χ1) is 15.7. The van der Waals surface area contributed by atoms with Crippen LogP contribution in [0.3, 0.4) is 0 Å². The van der Waals surface area contributed by atoms with Crippen LogP contribution in [0, 0.1) is 0 Å². The molecular formula is C23H26N2O6S2. The maximum atomic E-state index is 13.0. The Kier molecular flexibility index (Phi) is 6.58. The van der Waals surface area contributed by atoms with Crippen molar-refractivity contribution in [3.05, 3.63) is 40.3 Å². The molecule has 10 heteroatoms. The van der Waals surface area contributed by atoms with Crippen molar-refractivity contribution in [2.45, 2.75) is 56.1 Å². The van der Waals surface area contributed by atoms with Crippen molar-refractivity contribution in [2.24, 2.45) is 0 Å². The molecule has 1 N–H and O–H groups in total. The Morgan fingerprint density at radius 2 is 1.94 bits per heavy atom. The number of nitrogens with zero attached hydrogens (tertiary/aromatic N) is 1. The van der Waals surface area contributed by atoms with Gasteiger partial charge in [-0.25, -0.2) is 13.2 Å². The molecule has 2 amide bonds. The second-order valence-electron chi connectivity index (χ2n) is 8.19. The van der Waals surface area contributed by atoms with Crippen molar-refractivity contribution < 1.29 is 27.5 Å². The van der Waals surface area contributed by atoms with Crippen LogP contribution >= 0.6 is 11.3 Å². The van der Waals surface area contributed by atoms with Crippen LogP contribution in [0.5, 0.6) is 0 Å². The number of sulfone groups is 1. The third-order valence-corrected chi connectivity index (χ3v) is 9.35. The number of esters is 1. The molecule has 0 saturated heterocycles. The van der Waals surface area contributed by atoms with Crippen molar-refractivity contribution in [1.29, 1.82) is 0 Å². The van der Waals surface area contributed by atoms with Crippen LogP contribution in [0.1, 0.15) is 53.9 Å². The van der Waals surface area contributed by atoms with E-state index in [9.17, 15) is 22.8 Å². The smallest absolute Gasteiger partial charge is 0.341 e. The summed E-state index contributed by atoms with van der Waals surface area (Å²) in [5, 5.41) is 2.32. The first-order valence-electron chi connectivity index (χ1n) is 11.0. The number of ether oxygens (including phenoxy) is 1. The zero-order valence-corrected chi connectivity index (χ0v) is 20.2. The van der Waals surface area contributed by atoms with Crippen LogP contribution in [0.15, 0.2) is 29.2 Å². The van der Waals surface area contributed by atoms with Gasteiger partial charge in [0.1, 0.15) is 11.5 Å². The third kappa shape index (κ3) is 4.41. The van der Waals surface area contributed by atoms with Crippen molar-refractivity contribution >= 4 is 49.6 Å². The van der Waals surface area contributed by atoms with E-state index in [2.05, 4.69) is 5.32 Å². The van der Waals surface area contributed by atoms with Gasteiger partial charge in [-0.1, -0.05) is 12.1 Å². The Bertz CT molecular complexity index is 1220. The van der Waals surface area contributed by atoms with E-state index in [4.69, 9.17) is 4.74 Å². The van der Waals surface area contributed by atoms with Gasteiger partial charge in [0.05, 0.1) is 28.0 Å². The lowest BCUT2D eigenvalue weighted by Crippen LogP contribution is -2.38. The molecule has 0 fully saturated rings. The van der Waals surface area contributed by atoms with Gasteiger partial charge < -0.3 is 15.0 Å². The molecule has 1 aliphatic heterocycles. The summed E-state index contributed by atoms with van der Waals surface area (Å²) >= 11 is 1.37. The average Bonchev–Trinajstić information content (AvgIpc) is 3.12. The van der Waals surface area contributed by atoms with Crippen LogP contribution in [0.4, 0.5) is 10.7 Å². The van der Waals surface area contributed by atoms with Gasteiger partial charge in [-0.2, -0.15) is 0 Å². The Hall–Kier alpha value is -2.72. The molecule has 1 aromatic heterocycles. The van der Waals surface area contributed by atoms with E-state index < -0.39 is 32.9 Å². The monoisotopic (exact) mass is 490 g/mol. The Labute approximate surface area is 196 Å². The van der Waals surface area contributed by atoms with Crippen molar-refractivity contribution in [2.75, 3.05) is 23.4 Å². The number of hydrogen-bond acceptors (Lipinski definition) is 7. The number of carbonyl (C=O) groups excluding carboxylic acids is 3. The van der Waals surface area contributed by atoms with Crippen molar-refractivity contribution in [1.82, 2.24) is 0 Å². The lowest BCUT2D eigenvalue weighted by molar-refractivity contribution is -0.121. The highest BCUT2D eigenvalue weighted by Crippen LogP contribution is 2.39. The lowest BCUT2D eigenvalue weighted by Gasteiger charge is -2.21. The van der Waals surface area contributed by atoms with Crippen LogP contribution < -0.4 is 10.2 Å². The number of para-hydroxylation sites is 1. The van der Waals surface area contributed by atoms with Crippen LogP contribution in [-0.2, 0) is 37.0 Å². The van der Waals surface area contributed by atoms with E-state index in [-0.39, 0.29) is 30.2 Å². The maximum absolute atomic E-state index is 13.0. The first-order valence-corrected chi connectivity index (χ1v) is 13.3. The largest absolute Gasteiger partial charge is 0.462 e. The average molecular weight is 491 g/mol. The fraction of sp³-hybridized carbons (Fsp3) is 0.435. The molecule has 0 spiro atoms. The fourth-order valence-corrected chi connectivity index (χ4v) is 7.12. The van der Waals surface area contributed by atoms with E-state index in [0.717, 1.165) is 36.1 Å². The van der Waals surface area contributed by atoms with Gasteiger partial charge in [-0.15, -0.1) is 11.3 Å². The third-order valence-electron chi connectivity index (χ3n) is 5.96. The zero-order valence-electron chi connectivity index (χ0n) is 18.5. The molecule has 2 aromatic rings. The van der Waals surface area contributed by atoms with Crippen LogP contribution in [0.25, 0.3) is 0 Å². The molecule has 1 unspecified atom stereocenters. The topological polar surface area (TPSA) is 110 Å². The Balaban J connectivity index is 1.64. The molecule has 176 valence electrons. The molecule has 0 saturated carbocycles. The molecule has 1 atom stereocenters. The summed E-state index contributed by atoms with van der Waals surface area (Å²) in [6, 6.07) is 6.22. The number of anilines is 2. The summed E-state index contributed by atoms with van der Waals surface area (Å²) in [6.07, 6.45) is 3.37. The van der Waals surface area contributed by atoms with E-state index in [0.29, 0.717) is 10.6 Å². The second kappa shape index (κ2) is 9.26. The molecule has 1 aromatic carbocycles. The van der Waals surface area contributed by atoms with E-state index in [1.54, 1.807) is 19.1 Å². The van der Waals surface area contributed by atoms with Gasteiger partial charge in [0.15, 0.2) is 9.84 Å². The molecule has 4 rings (SSSR count). The minimum Gasteiger partial charge on any atom is -0.462 e. The molecule has 33 heavy (non-hydrogen) atoms. The van der Waals surface area contributed by atoms with E-state index in [1.807, 2.05) is 0 Å². The number of aryl methyl sites for hydroxylation is 1. The van der Waals surface area contributed by atoms with Gasteiger partial charge in [0, 0.05) is 11.3 Å². The molecule has 1 aliphatic carbocycles. The molecular weight excluding hydrogens is 464 g/mol. The Morgan fingerprint density at radius 3 is 2.70 bits per heavy atom. The summed E-state index contributed by atoms with van der Waals surface area (Å²) < 4.78 is 30.9. The predicted octanol–water partition coefficient (Wildman–Crippen LogP) is 3.34. The predicted molar refractivity (Wildman–Crippen MR) is 126 cm³/mol. The van der Waals surface area contributed by atoms with Gasteiger partial charge in [-0.3, -0.25) is 9.59 Å². The highest BCUT2D eigenvalue weighted by molar-refractivity contribution is 7.92. The minimum absolute atomic E-state index is 0.0370. The molecule has 0 radical (unpaired) electrons. The number of fused-ring (bicyclic) bond motifs is 2. The number of rotatable bonds is 5. The fourth-order valence-electron chi connectivity index (χ4n) is 4.29. The molecule has 8 nitrogen and oxygen atoms in total. The number of hydrogen-bond donors (Lipinski definition) is 1. The van der Waals surface area contributed by atoms with Gasteiger partial charge in [-0.05, 0) is 57.2 Å². The second-order valence-corrected chi connectivity index (χ2v) is 11.6. The number of thiophene rings is 1. The number of nitrogens with one attached hydrogen (secondary N) is 1. The van der Waals surface area contributed by atoms with Gasteiger partial charge in [0.25, 0.3) is 0 Å². The van der Waals surface area contributed by atoms with Gasteiger partial charge in [0.2, 0.25) is 11.8 Å². The maximum Gasteiger partial charge on any atom is 0.341 e. The standard InChI is InChI=1S/C23H26N2O6S2/c1-3-31-23(28)21-15-8-4-6-10-17(15)32-22(21)24-19(26)13-25-16-9-5-7-11-18(16)33(29,30)14(2)12-20(25)27/h5,7,9,11,14H,3-4,6,8,10,12-13H2,1-2H3,(H,24,26). The quantitative estimate of drug-likeness (QED) is 0.644. The molecule has 2 heterocycles. The highest BCUT2D eigenvalue weighted by atomic mass is 32.2. The number of amides is 2. The summed E-state index contributed by atoms with van der Waals surface area (Å²) in [4.78, 5) is 40.9. The Morgan fingerprint density at radius 1 is 1.21 bits per heavy atom. The SMILES string of the molecule is CCOC(=O)c1c(NC(=O)CN2C(=O)CC(C)S(=O)(=O)c3ccccc32)sc2c1CCCC2. The first kappa shape index (κ1) is 23.4. The highest BCUT2D eigenvalue weighted by Gasteiger charge is 2.37. The summed E-state index contributed by atoms with van der Waals surface area (Å²) in [7, 11) is -3.70. The van der Waals surface area contributed by atoms with Crippen LogP contribution in [0.2, 0.25) is 0 Å². The number of benzene rings is 1. The van der Waals surface area contributed by atoms with Crippen LogP contribution in [-0.4, -0.2) is 44.6 Å². The van der Waals surface area contributed by atoms with Crippen molar-refractivity contribution in [3.8, 4) is 0 Å². The van der Waals surface area contributed by atoms with E-state index in [1.165, 1.54) is 35.3 Å². The number of carbonyl (C=O) groups is 3. The van der Waals surface area contributed by atoms with Crippen molar-refractivity contribution in [3.63, 3.8) is 0 Å². The lowest BCUT2D eigenvalue weighted by atomic mass is 9.95. The van der Waals surface area contributed by atoms with E-state index >= 15 is 0 Å². The summed E-state index contributed by atoms with van der Waals surface area (Å²) in [6.45, 7) is 3.09. The van der Waals surface area contributed by atoms with Gasteiger partial charge >= 0.3 is 5.97 Å². The summed E-state index contributed by atoms with van der Waals surface area (Å²) in [5.41, 5.74) is 1.51. The normalized spacial score (nSPS) is 19.3. The zero-order chi connectivity index (χ0) is 23.8. The molecule has 2 aliphatic rings.